The predicted octanol–water partition coefficient (Wildman–Crippen LogP) is 0.161. The summed E-state index contributed by atoms with van der Waals surface area (Å²) < 4.78 is 37.9. The lowest BCUT2D eigenvalue weighted by atomic mass is 10.2. The number of urea groups is 1. The van der Waals surface area contributed by atoms with Gasteiger partial charge in [-0.25, -0.2) is 4.79 Å². The first-order chi connectivity index (χ1) is 7.82. The van der Waals surface area contributed by atoms with Gasteiger partial charge in [0.15, 0.2) is 0 Å². The molecule has 0 aromatic heterocycles. The van der Waals surface area contributed by atoms with Crippen LogP contribution in [0.15, 0.2) is 0 Å². The molecule has 102 valence electrons. The molecule has 0 saturated heterocycles. The smallest absolute Gasteiger partial charge is 0.395 e. The van der Waals surface area contributed by atoms with E-state index >= 15 is 0 Å². The normalized spacial score (nSPS) is 13.6. The molecule has 0 aromatic carbocycles. The van der Waals surface area contributed by atoms with Crippen molar-refractivity contribution >= 4 is 6.03 Å². The fourth-order valence-electron chi connectivity index (χ4n) is 1.25. The van der Waals surface area contributed by atoms with Gasteiger partial charge in [0.05, 0.1) is 6.61 Å². The fraction of sp³-hybridized carbons (Fsp3) is 0.889. The lowest BCUT2D eigenvalue weighted by molar-refractivity contribution is -0.179. The highest BCUT2D eigenvalue weighted by molar-refractivity contribution is 5.73. The van der Waals surface area contributed by atoms with Crippen LogP contribution in [0.5, 0.6) is 0 Å². The average Bonchev–Trinajstić information content (AvgIpc) is 2.16. The van der Waals surface area contributed by atoms with Gasteiger partial charge >= 0.3 is 12.2 Å². The quantitative estimate of drug-likeness (QED) is 0.635. The molecule has 8 heteroatoms. The molecular formula is C9H18F3N3O2. The van der Waals surface area contributed by atoms with Crippen molar-refractivity contribution in [2.75, 3.05) is 33.3 Å². The van der Waals surface area contributed by atoms with Gasteiger partial charge in [0, 0.05) is 19.6 Å². The van der Waals surface area contributed by atoms with E-state index < -0.39 is 24.8 Å². The summed E-state index contributed by atoms with van der Waals surface area (Å²) in [6.07, 6.45) is -4.45. The Kier molecular flexibility index (Phi) is 6.89. The molecule has 2 amide bonds. The Morgan fingerprint density at radius 1 is 1.41 bits per heavy atom. The number of likely N-dealkylation sites (N-methyl/N-ethyl adjacent to an activating group) is 1. The molecule has 3 N–H and O–H groups in total. The summed E-state index contributed by atoms with van der Waals surface area (Å²) in [4.78, 5) is 11.9. The largest absolute Gasteiger partial charge is 0.405 e. The minimum atomic E-state index is -4.45. The number of hydrogen-bond donors (Lipinski definition) is 3. The zero-order valence-corrected chi connectivity index (χ0v) is 9.84. The molecule has 0 saturated carbocycles. The summed E-state index contributed by atoms with van der Waals surface area (Å²) >= 11 is 0. The van der Waals surface area contributed by atoms with E-state index in [1.165, 1.54) is 7.05 Å². The highest BCUT2D eigenvalue weighted by Gasteiger charge is 2.42. The third-order valence-electron chi connectivity index (χ3n) is 2.16. The van der Waals surface area contributed by atoms with Crippen LogP contribution in [0.1, 0.15) is 6.92 Å². The Morgan fingerprint density at radius 3 is 2.41 bits per heavy atom. The summed E-state index contributed by atoms with van der Waals surface area (Å²) in [6.45, 7) is 0.977. The van der Waals surface area contributed by atoms with Crippen LogP contribution in [-0.4, -0.2) is 61.5 Å². The first kappa shape index (κ1) is 16.0. The number of aliphatic hydroxyl groups is 1. The van der Waals surface area contributed by atoms with Crippen molar-refractivity contribution in [1.82, 2.24) is 15.5 Å². The second-order valence-corrected chi connectivity index (χ2v) is 3.50. The van der Waals surface area contributed by atoms with Crippen molar-refractivity contribution in [3.05, 3.63) is 0 Å². The maximum absolute atomic E-state index is 12.6. The molecular weight excluding hydrogens is 239 g/mol. The van der Waals surface area contributed by atoms with Crippen molar-refractivity contribution < 1.29 is 23.1 Å². The molecule has 0 heterocycles. The Balaban J connectivity index is 4.35. The van der Waals surface area contributed by atoms with E-state index in [9.17, 15) is 18.0 Å². The minimum absolute atomic E-state index is 0.110. The van der Waals surface area contributed by atoms with Crippen molar-refractivity contribution in [3.63, 3.8) is 0 Å². The van der Waals surface area contributed by atoms with E-state index in [0.29, 0.717) is 6.54 Å². The third kappa shape index (κ3) is 6.32. The molecule has 0 aromatic rings. The average molecular weight is 257 g/mol. The van der Waals surface area contributed by atoms with Crippen LogP contribution in [-0.2, 0) is 0 Å². The van der Waals surface area contributed by atoms with Gasteiger partial charge < -0.3 is 15.7 Å². The number of hydrogen-bond acceptors (Lipinski definition) is 3. The standard InChI is InChI=1S/C9H18F3N3O2/c1-3-13-8(17)14-6-7(9(10,11)12)15(2)4-5-16/h7,16H,3-6H2,1-2H3,(H2,13,14,17). The molecule has 17 heavy (non-hydrogen) atoms. The van der Waals surface area contributed by atoms with Gasteiger partial charge in [0.1, 0.15) is 6.04 Å². The number of nitrogens with one attached hydrogen (secondary N) is 2. The minimum Gasteiger partial charge on any atom is -0.395 e. The van der Waals surface area contributed by atoms with Crippen LogP contribution in [0.3, 0.4) is 0 Å². The number of carbonyl (C=O) groups excluding carboxylic acids is 1. The van der Waals surface area contributed by atoms with Crippen LogP contribution in [0.25, 0.3) is 0 Å². The molecule has 1 atom stereocenters. The Hall–Kier alpha value is -1.02. The number of rotatable bonds is 6. The lowest BCUT2D eigenvalue weighted by Crippen LogP contribution is -2.52. The molecule has 0 aliphatic carbocycles. The van der Waals surface area contributed by atoms with Crippen LogP contribution >= 0.6 is 0 Å². The van der Waals surface area contributed by atoms with E-state index in [4.69, 9.17) is 5.11 Å². The van der Waals surface area contributed by atoms with Crippen molar-refractivity contribution in [2.45, 2.75) is 19.1 Å². The SMILES string of the molecule is CCNC(=O)NCC(N(C)CCO)C(F)(F)F. The molecule has 0 aliphatic heterocycles. The van der Waals surface area contributed by atoms with Crippen LogP contribution < -0.4 is 10.6 Å². The number of carbonyl (C=O) groups is 1. The van der Waals surface area contributed by atoms with Crippen molar-refractivity contribution in [1.29, 1.82) is 0 Å². The highest BCUT2D eigenvalue weighted by atomic mass is 19.4. The van der Waals surface area contributed by atoms with E-state index in [-0.39, 0.29) is 13.2 Å². The lowest BCUT2D eigenvalue weighted by Gasteiger charge is -2.29. The first-order valence-corrected chi connectivity index (χ1v) is 5.22. The van der Waals surface area contributed by atoms with E-state index in [0.717, 1.165) is 4.90 Å². The summed E-state index contributed by atoms with van der Waals surface area (Å²) in [5.41, 5.74) is 0. The number of nitrogens with zero attached hydrogens (tertiary/aromatic N) is 1. The van der Waals surface area contributed by atoms with Crippen molar-refractivity contribution in [3.8, 4) is 0 Å². The van der Waals surface area contributed by atoms with Gasteiger partial charge in [-0.2, -0.15) is 13.2 Å². The summed E-state index contributed by atoms with van der Waals surface area (Å²) in [5, 5.41) is 13.1. The fourth-order valence-corrected chi connectivity index (χ4v) is 1.25. The molecule has 0 bridgehead atoms. The Bertz CT molecular complexity index is 236. The highest BCUT2D eigenvalue weighted by Crippen LogP contribution is 2.23. The van der Waals surface area contributed by atoms with E-state index in [1.54, 1.807) is 6.92 Å². The van der Waals surface area contributed by atoms with E-state index in [2.05, 4.69) is 10.6 Å². The van der Waals surface area contributed by atoms with E-state index in [1.807, 2.05) is 0 Å². The predicted molar refractivity (Wildman–Crippen MR) is 56.6 cm³/mol. The maximum atomic E-state index is 12.6. The zero-order valence-electron chi connectivity index (χ0n) is 9.84. The Morgan fingerprint density at radius 2 is 2.00 bits per heavy atom. The van der Waals surface area contributed by atoms with Crippen LogP contribution in [0.2, 0.25) is 0 Å². The summed E-state index contributed by atoms with van der Waals surface area (Å²) in [5.74, 6) is 0. The molecule has 0 aliphatic rings. The zero-order chi connectivity index (χ0) is 13.5. The van der Waals surface area contributed by atoms with Crippen molar-refractivity contribution in [2.24, 2.45) is 0 Å². The molecule has 0 rings (SSSR count). The number of halogens is 3. The second kappa shape index (κ2) is 7.33. The van der Waals surface area contributed by atoms with Gasteiger partial charge in [-0.1, -0.05) is 0 Å². The van der Waals surface area contributed by atoms with Crippen LogP contribution in [0.4, 0.5) is 18.0 Å². The van der Waals surface area contributed by atoms with Gasteiger partial charge in [0.25, 0.3) is 0 Å². The van der Waals surface area contributed by atoms with Gasteiger partial charge in [-0.3, -0.25) is 4.90 Å². The summed E-state index contributed by atoms with van der Waals surface area (Å²) in [7, 11) is 1.24. The van der Waals surface area contributed by atoms with Gasteiger partial charge in [-0.15, -0.1) is 0 Å². The molecule has 0 radical (unpaired) electrons. The Labute approximate surface area is 98.0 Å². The monoisotopic (exact) mass is 257 g/mol. The topological polar surface area (TPSA) is 64.6 Å². The summed E-state index contributed by atoms with van der Waals surface area (Å²) in [6, 6.07) is -2.45. The number of amides is 2. The molecule has 1 unspecified atom stereocenters. The molecule has 0 spiro atoms. The third-order valence-corrected chi connectivity index (χ3v) is 2.16. The van der Waals surface area contributed by atoms with Gasteiger partial charge in [-0.05, 0) is 14.0 Å². The maximum Gasteiger partial charge on any atom is 0.405 e. The number of aliphatic hydroxyl groups excluding tert-OH is 1. The van der Waals surface area contributed by atoms with Gasteiger partial charge in [0.2, 0.25) is 0 Å². The first-order valence-electron chi connectivity index (χ1n) is 5.22. The van der Waals surface area contributed by atoms with Crippen LogP contribution in [0, 0.1) is 0 Å². The molecule has 5 nitrogen and oxygen atoms in total. The number of alkyl halides is 3. The molecule has 0 fully saturated rings. The second-order valence-electron chi connectivity index (χ2n) is 3.50.